The van der Waals surface area contributed by atoms with Crippen molar-refractivity contribution in [3.8, 4) is 0 Å². The second-order valence-corrected chi connectivity index (χ2v) is 5.81. The van der Waals surface area contributed by atoms with Crippen LogP contribution in [0.3, 0.4) is 0 Å². The number of hydrogen-bond donors (Lipinski definition) is 1. The Morgan fingerprint density at radius 2 is 1.82 bits per heavy atom. The number of hydrogen-bond acceptors (Lipinski definition) is 2. The summed E-state index contributed by atoms with van der Waals surface area (Å²) in [6.07, 6.45) is 9.19. The van der Waals surface area contributed by atoms with Gasteiger partial charge in [0, 0.05) is 19.6 Å². The first-order valence-corrected chi connectivity index (χ1v) is 7.19. The van der Waals surface area contributed by atoms with Gasteiger partial charge in [-0.05, 0) is 32.1 Å². The maximum absolute atomic E-state index is 11.9. The molecule has 3 nitrogen and oxygen atoms in total. The number of likely N-dealkylation sites (tertiary alicyclic amines) is 1. The monoisotopic (exact) mass is 238 g/mol. The molecule has 0 radical (unpaired) electrons. The number of rotatable bonds is 3. The van der Waals surface area contributed by atoms with Crippen molar-refractivity contribution < 1.29 is 4.79 Å². The maximum Gasteiger partial charge on any atom is 0.239 e. The van der Waals surface area contributed by atoms with Gasteiger partial charge in [-0.25, -0.2) is 0 Å². The van der Waals surface area contributed by atoms with Gasteiger partial charge < -0.3 is 10.2 Å². The summed E-state index contributed by atoms with van der Waals surface area (Å²) in [5.41, 5.74) is 0. The molecule has 3 heteroatoms. The molecule has 0 aromatic carbocycles. The van der Waals surface area contributed by atoms with E-state index in [2.05, 4.69) is 12.2 Å². The highest BCUT2D eigenvalue weighted by atomic mass is 16.2. The van der Waals surface area contributed by atoms with Gasteiger partial charge in [0.25, 0.3) is 0 Å². The van der Waals surface area contributed by atoms with E-state index in [1.165, 1.54) is 38.5 Å². The minimum atomic E-state index is 0.0817. The lowest BCUT2D eigenvalue weighted by atomic mass is 9.92. The smallest absolute Gasteiger partial charge is 0.239 e. The molecule has 1 aliphatic heterocycles. The van der Waals surface area contributed by atoms with E-state index in [0.717, 1.165) is 18.9 Å². The minimum absolute atomic E-state index is 0.0817. The fourth-order valence-electron chi connectivity index (χ4n) is 3.24. The zero-order valence-electron chi connectivity index (χ0n) is 11.2. The number of carbonyl (C=O) groups is 1. The Hall–Kier alpha value is -0.570. The molecule has 2 atom stereocenters. The van der Waals surface area contributed by atoms with Crippen molar-refractivity contribution in [3.63, 3.8) is 0 Å². The zero-order chi connectivity index (χ0) is 12.3. The SMILES string of the molecule is C[C@H](NC1CCN(C)C1=O)C1CCCCCC1. The fraction of sp³-hybridized carbons (Fsp3) is 0.929. The zero-order valence-corrected chi connectivity index (χ0v) is 11.2. The van der Waals surface area contributed by atoms with Crippen LogP contribution in [0.1, 0.15) is 51.9 Å². The minimum Gasteiger partial charge on any atom is -0.344 e. The standard InChI is InChI=1S/C14H26N2O/c1-11(12-7-5-3-4-6-8-12)15-13-9-10-16(2)14(13)17/h11-13,15H,3-10H2,1-2H3/t11-,13?/m0/s1. The molecule has 1 heterocycles. The molecule has 1 N–H and O–H groups in total. The molecule has 0 aromatic heterocycles. The molecule has 2 rings (SSSR count). The first-order valence-electron chi connectivity index (χ1n) is 7.19. The van der Waals surface area contributed by atoms with E-state index >= 15 is 0 Å². The normalized spacial score (nSPS) is 29.4. The van der Waals surface area contributed by atoms with Crippen molar-refractivity contribution in [2.75, 3.05) is 13.6 Å². The Kier molecular flexibility index (Phi) is 4.43. The number of amides is 1. The highest BCUT2D eigenvalue weighted by molar-refractivity contribution is 5.83. The van der Waals surface area contributed by atoms with Crippen LogP contribution in [0.4, 0.5) is 0 Å². The van der Waals surface area contributed by atoms with Gasteiger partial charge in [0.2, 0.25) is 5.91 Å². The van der Waals surface area contributed by atoms with E-state index in [1.54, 1.807) is 0 Å². The lowest BCUT2D eigenvalue weighted by Gasteiger charge is -2.26. The van der Waals surface area contributed by atoms with Crippen LogP contribution in [-0.2, 0) is 4.79 Å². The predicted octanol–water partition coefficient (Wildman–Crippen LogP) is 2.17. The van der Waals surface area contributed by atoms with Crippen molar-refractivity contribution in [2.24, 2.45) is 5.92 Å². The highest BCUT2D eigenvalue weighted by Gasteiger charge is 2.31. The van der Waals surface area contributed by atoms with Gasteiger partial charge in [0.05, 0.1) is 6.04 Å². The van der Waals surface area contributed by atoms with E-state index in [4.69, 9.17) is 0 Å². The van der Waals surface area contributed by atoms with Crippen LogP contribution >= 0.6 is 0 Å². The molecule has 0 aromatic rings. The highest BCUT2D eigenvalue weighted by Crippen LogP contribution is 2.26. The van der Waals surface area contributed by atoms with E-state index in [-0.39, 0.29) is 11.9 Å². The van der Waals surface area contributed by atoms with Crippen LogP contribution < -0.4 is 5.32 Å². The summed E-state index contributed by atoms with van der Waals surface area (Å²) in [6, 6.07) is 0.576. The van der Waals surface area contributed by atoms with Crippen molar-refractivity contribution in [1.29, 1.82) is 0 Å². The molecule has 17 heavy (non-hydrogen) atoms. The van der Waals surface area contributed by atoms with E-state index in [1.807, 2.05) is 11.9 Å². The first kappa shape index (κ1) is 12.9. The molecular formula is C14H26N2O. The second-order valence-electron chi connectivity index (χ2n) is 5.81. The largest absolute Gasteiger partial charge is 0.344 e. The van der Waals surface area contributed by atoms with Crippen LogP contribution in [-0.4, -0.2) is 36.5 Å². The molecule has 0 spiro atoms. The average Bonchev–Trinajstić information content (AvgIpc) is 2.59. The molecule has 1 unspecified atom stereocenters. The van der Waals surface area contributed by atoms with Gasteiger partial charge in [-0.3, -0.25) is 4.79 Å². The van der Waals surface area contributed by atoms with Crippen molar-refractivity contribution in [2.45, 2.75) is 64.0 Å². The summed E-state index contributed by atoms with van der Waals surface area (Å²) in [6.45, 7) is 3.18. The topological polar surface area (TPSA) is 32.3 Å². The van der Waals surface area contributed by atoms with E-state index in [0.29, 0.717) is 6.04 Å². The lowest BCUT2D eigenvalue weighted by Crippen LogP contribution is -2.44. The molecule has 1 aliphatic carbocycles. The first-order chi connectivity index (χ1) is 8.18. The summed E-state index contributed by atoms with van der Waals surface area (Å²) in [7, 11) is 1.90. The molecule has 1 saturated carbocycles. The molecule has 2 fully saturated rings. The van der Waals surface area contributed by atoms with Crippen LogP contribution in [0.5, 0.6) is 0 Å². The summed E-state index contributed by atoms with van der Waals surface area (Å²) in [5, 5.41) is 3.57. The third kappa shape index (κ3) is 3.21. The van der Waals surface area contributed by atoms with Crippen molar-refractivity contribution >= 4 is 5.91 Å². The van der Waals surface area contributed by atoms with Gasteiger partial charge in [0.1, 0.15) is 0 Å². The van der Waals surface area contributed by atoms with Crippen LogP contribution in [0.2, 0.25) is 0 Å². The Morgan fingerprint density at radius 1 is 1.18 bits per heavy atom. The average molecular weight is 238 g/mol. The van der Waals surface area contributed by atoms with Crippen LogP contribution in [0.25, 0.3) is 0 Å². The van der Waals surface area contributed by atoms with Gasteiger partial charge in [-0.1, -0.05) is 25.7 Å². The third-order valence-corrected chi connectivity index (χ3v) is 4.50. The lowest BCUT2D eigenvalue weighted by molar-refractivity contribution is -0.128. The molecule has 1 saturated heterocycles. The summed E-state index contributed by atoms with van der Waals surface area (Å²) < 4.78 is 0. The van der Waals surface area contributed by atoms with Crippen LogP contribution in [0.15, 0.2) is 0 Å². The van der Waals surface area contributed by atoms with Gasteiger partial charge >= 0.3 is 0 Å². The molecule has 0 bridgehead atoms. The molecule has 98 valence electrons. The Bertz CT molecular complexity index is 259. The Labute approximate surface area is 105 Å². The van der Waals surface area contributed by atoms with E-state index in [9.17, 15) is 4.79 Å². The number of nitrogens with zero attached hydrogens (tertiary/aromatic N) is 1. The Balaban J connectivity index is 1.83. The van der Waals surface area contributed by atoms with E-state index < -0.39 is 0 Å². The van der Waals surface area contributed by atoms with Gasteiger partial charge in [-0.2, -0.15) is 0 Å². The summed E-state index contributed by atoms with van der Waals surface area (Å²) >= 11 is 0. The maximum atomic E-state index is 11.9. The fourth-order valence-corrected chi connectivity index (χ4v) is 3.24. The molecule has 2 aliphatic rings. The Morgan fingerprint density at radius 3 is 2.35 bits per heavy atom. The summed E-state index contributed by atoms with van der Waals surface area (Å²) in [4.78, 5) is 13.7. The van der Waals surface area contributed by atoms with Crippen LogP contribution in [0, 0.1) is 5.92 Å². The van der Waals surface area contributed by atoms with Gasteiger partial charge in [-0.15, -0.1) is 0 Å². The summed E-state index contributed by atoms with van der Waals surface area (Å²) in [5.74, 6) is 1.06. The third-order valence-electron chi connectivity index (χ3n) is 4.50. The number of nitrogens with one attached hydrogen (secondary N) is 1. The predicted molar refractivity (Wildman–Crippen MR) is 69.8 cm³/mol. The number of likely N-dealkylation sites (N-methyl/N-ethyl adjacent to an activating group) is 1. The molecule has 1 amide bonds. The molecular weight excluding hydrogens is 212 g/mol. The van der Waals surface area contributed by atoms with Crippen molar-refractivity contribution in [3.05, 3.63) is 0 Å². The van der Waals surface area contributed by atoms with Gasteiger partial charge in [0.15, 0.2) is 0 Å². The number of carbonyl (C=O) groups excluding carboxylic acids is 1. The quantitative estimate of drug-likeness (QED) is 0.764. The second kappa shape index (κ2) is 5.85. The van der Waals surface area contributed by atoms with Crippen molar-refractivity contribution in [1.82, 2.24) is 10.2 Å².